The number of carbonyl (C=O) groups excluding carboxylic acids is 1. The minimum absolute atomic E-state index is 0.112. The fourth-order valence-corrected chi connectivity index (χ4v) is 5.23. The minimum Gasteiger partial charge on any atom is -0.495 e. The summed E-state index contributed by atoms with van der Waals surface area (Å²) in [7, 11) is -2.22. The molecule has 156 valence electrons. The highest BCUT2D eigenvalue weighted by Crippen LogP contribution is 2.30. The Morgan fingerprint density at radius 2 is 1.79 bits per heavy atom. The summed E-state index contributed by atoms with van der Waals surface area (Å²) in [5.74, 6) is 0.0210. The van der Waals surface area contributed by atoms with E-state index in [-0.39, 0.29) is 34.8 Å². The lowest BCUT2D eigenvalue weighted by molar-refractivity contribution is -0.120. The van der Waals surface area contributed by atoms with E-state index < -0.39 is 10.0 Å². The fourth-order valence-electron chi connectivity index (χ4n) is 3.23. The SMILES string of the molecule is COc1ccc(S(=O)(=O)N2CCC(C(=O)Nc3ccc(C)c(Cl)c3)CC2)cc1Cl. The summed E-state index contributed by atoms with van der Waals surface area (Å²) in [6, 6.07) is 9.73. The Hall–Kier alpha value is -1.80. The number of methoxy groups -OCH3 is 1. The number of carbonyl (C=O) groups is 1. The van der Waals surface area contributed by atoms with Gasteiger partial charge in [0.05, 0.1) is 17.0 Å². The molecule has 1 amide bonds. The summed E-state index contributed by atoms with van der Waals surface area (Å²) < 4.78 is 32.2. The Kier molecular flexibility index (Phi) is 6.73. The molecule has 0 spiro atoms. The molecule has 0 saturated carbocycles. The van der Waals surface area contributed by atoms with Gasteiger partial charge in [0.25, 0.3) is 0 Å². The van der Waals surface area contributed by atoms with Crippen molar-refractivity contribution in [1.82, 2.24) is 4.31 Å². The number of hydrogen-bond acceptors (Lipinski definition) is 4. The van der Waals surface area contributed by atoms with Gasteiger partial charge in [-0.2, -0.15) is 4.31 Å². The van der Waals surface area contributed by atoms with Crippen molar-refractivity contribution in [2.75, 3.05) is 25.5 Å². The number of rotatable bonds is 5. The number of piperidine rings is 1. The highest BCUT2D eigenvalue weighted by molar-refractivity contribution is 7.89. The molecule has 0 bridgehead atoms. The van der Waals surface area contributed by atoms with Crippen LogP contribution in [-0.2, 0) is 14.8 Å². The van der Waals surface area contributed by atoms with E-state index >= 15 is 0 Å². The van der Waals surface area contributed by atoms with Crippen molar-refractivity contribution in [2.24, 2.45) is 5.92 Å². The number of aryl methyl sites for hydroxylation is 1. The van der Waals surface area contributed by atoms with Gasteiger partial charge in [0.1, 0.15) is 5.75 Å². The monoisotopic (exact) mass is 456 g/mol. The minimum atomic E-state index is -3.68. The summed E-state index contributed by atoms with van der Waals surface area (Å²) >= 11 is 12.2. The first kappa shape index (κ1) is 21.9. The van der Waals surface area contributed by atoms with Crippen molar-refractivity contribution in [3.8, 4) is 5.75 Å². The molecule has 0 aromatic heterocycles. The van der Waals surface area contributed by atoms with Crippen LogP contribution in [-0.4, -0.2) is 38.8 Å². The Bertz CT molecular complexity index is 1020. The van der Waals surface area contributed by atoms with Crippen molar-refractivity contribution in [1.29, 1.82) is 0 Å². The normalized spacial score (nSPS) is 15.9. The van der Waals surface area contributed by atoms with Crippen molar-refractivity contribution >= 4 is 44.8 Å². The van der Waals surface area contributed by atoms with Gasteiger partial charge in [0.2, 0.25) is 15.9 Å². The van der Waals surface area contributed by atoms with Crippen LogP contribution >= 0.6 is 23.2 Å². The molecule has 3 rings (SSSR count). The van der Waals surface area contributed by atoms with Gasteiger partial charge >= 0.3 is 0 Å². The maximum atomic E-state index is 12.9. The number of nitrogens with zero attached hydrogens (tertiary/aromatic N) is 1. The lowest BCUT2D eigenvalue weighted by Crippen LogP contribution is -2.41. The smallest absolute Gasteiger partial charge is 0.243 e. The number of benzene rings is 2. The number of sulfonamides is 1. The second kappa shape index (κ2) is 8.92. The van der Waals surface area contributed by atoms with E-state index in [9.17, 15) is 13.2 Å². The number of anilines is 1. The van der Waals surface area contributed by atoms with E-state index in [0.29, 0.717) is 29.3 Å². The van der Waals surface area contributed by atoms with Gasteiger partial charge in [-0.25, -0.2) is 8.42 Å². The zero-order valence-corrected chi connectivity index (χ0v) is 18.4. The van der Waals surface area contributed by atoms with E-state index in [1.54, 1.807) is 12.1 Å². The molecule has 1 saturated heterocycles. The van der Waals surface area contributed by atoms with E-state index in [4.69, 9.17) is 27.9 Å². The zero-order valence-electron chi connectivity index (χ0n) is 16.1. The number of hydrogen-bond donors (Lipinski definition) is 1. The molecule has 2 aromatic rings. The quantitative estimate of drug-likeness (QED) is 0.725. The molecule has 1 fully saturated rings. The average molecular weight is 457 g/mol. The van der Waals surface area contributed by atoms with Gasteiger partial charge in [0.15, 0.2) is 0 Å². The van der Waals surface area contributed by atoms with E-state index in [2.05, 4.69) is 5.32 Å². The van der Waals surface area contributed by atoms with Crippen LogP contribution in [0.2, 0.25) is 10.0 Å². The highest BCUT2D eigenvalue weighted by atomic mass is 35.5. The molecule has 6 nitrogen and oxygen atoms in total. The highest BCUT2D eigenvalue weighted by Gasteiger charge is 2.32. The lowest BCUT2D eigenvalue weighted by Gasteiger charge is -2.30. The summed E-state index contributed by atoms with van der Waals surface area (Å²) in [4.78, 5) is 12.7. The Morgan fingerprint density at radius 3 is 2.38 bits per heavy atom. The molecule has 29 heavy (non-hydrogen) atoms. The molecule has 2 aromatic carbocycles. The number of nitrogens with one attached hydrogen (secondary N) is 1. The Morgan fingerprint density at radius 1 is 1.10 bits per heavy atom. The number of amides is 1. The molecule has 9 heteroatoms. The van der Waals surface area contributed by atoms with Crippen LogP contribution in [0.4, 0.5) is 5.69 Å². The molecule has 0 atom stereocenters. The molecule has 1 aliphatic heterocycles. The zero-order chi connectivity index (χ0) is 21.2. The number of halogens is 2. The fraction of sp³-hybridized carbons (Fsp3) is 0.350. The Labute approximate surface area is 180 Å². The molecule has 0 aliphatic carbocycles. The van der Waals surface area contributed by atoms with Crippen molar-refractivity contribution in [3.63, 3.8) is 0 Å². The van der Waals surface area contributed by atoms with Crippen LogP contribution in [0.1, 0.15) is 18.4 Å². The van der Waals surface area contributed by atoms with Crippen LogP contribution in [0.5, 0.6) is 5.75 Å². The molecule has 0 unspecified atom stereocenters. The summed E-state index contributed by atoms with van der Waals surface area (Å²) in [6.45, 7) is 2.41. The van der Waals surface area contributed by atoms with Crippen molar-refractivity contribution < 1.29 is 17.9 Å². The third-order valence-electron chi connectivity index (χ3n) is 5.03. The van der Waals surface area contributed by atoms with Gasteiger partial charge in [-0.1, -0.05) is 29.3 Å². The molecule has 1 aliphatic rings. The van der Waals surface area contributed by atoms with Gasteiger partial charge < -0.3 is 10.1 Å². The van der Waals surface area contributed by atoms with E-state index in [0.717, 1.165) is 5.56 Å². The first-order chi connectivity index (χ1) is 13.7. The predicted octanol–water partition coefficient (Wildman–Crippen LogP) is 4.35. The van der Waals surface area contributed by atoms with Gasteiger partial charge in [0, 0.05) is 29.7 Å². The van der Waals surface area contributed by atoms with Crippen LogP contribution in [0.15, 0.2) is 41.3 Å². The van der Waals surface area contributed by atoms with Gasteiger partial charge in [-0.15, -0.1) is 0 Å². The largest absolute Gasteiger partial charge is 0.495 e. The topological polar surface area (TPSA) is 75.7 Å². The Balaban J connectivity index is 1.64. The summed E-state index contributed by atoms with van der Waals surface area (Å²) in [6.07, 6.45) is 0.878. The van der Waals surface area contributed by atoms with Crippen molar-refractivity contribution in [2.45, 2.75) is 24.7 Å². The van der Waals surface area contributed by atoms with Gasteiger partial charge in [-0.3, -0.25) is 4.79 Å². The lowest BCUT2D eigenvalue weighted by atomic mass is 9.97. The van der Waals surface area contributed by atoms with Crippen LogP contribution in [0.3, 0.4) is 0 Å². The van der Waals surface area contributed by atoms with E-state index in [1.807, 2.05) is 13.0 Å². The van der Waals surface area contributed by atoms with Crippen LogP contribution in [0.25, 0.3) is 0 Å². The predicted molar refractivity (Wildman–Crippen MR) is 114 cm³/mol. The summed E-state index contributed by atoms with van der Waals surface area (Å²) in [5, 5.41) is 3.68. The number of ether oxygens (including phenoxy) is 1. The van der Waals surface area contributed by atoms with Crippen LogP contribution < -0.4 is 10.1 Å². The standard InChI is InChI=1S/C20H22Cl2N2O4S/c1-13-3-4-15(11-17(13)21)23-20(25)14-7-9-24(10-8-14)29(26,27)16-5-6-19(28-2)18(22)12-16/h3-6,11-12,14H,7-10H2,1-2H3,(H,23,25). The second-order valence-electron chi connectivity index (χ2n) is 6.93. The molecule has 1 N–H and O–H groups in total. The van der Waals surface area contributed by atoms with Crippen molar-refractivity contribution in [3.05, 3.63) is 52.0 Å². The maximum absolute atomic E-state index is 12.9. The van der Waals surface area contributed by atoms with Gasteiger partial charge in [-0.05, 0) is 55.7 Å². The third kappa shape index (κ3) is 4.86. The molecular weight excluding hydrogens is 435 g/mol. The molecule has 1 heterocycles. The van der Waals surface area contributed by atoms with Crippen LogP contribution in [0, 0.1) is 12.8 Å². The summed E-state index contributed by atoms with van der Waals surface area (Å²) in [5.41, 5.74) is 1.57. The maximum Gasteiger partial charge on any atom is 0.243 e. The first-order valence-electron chi connectivity index (χ1n) is 9.13. The second-order valence-corrected chi connectivity index (χ2v) is 9.68. The molecule has 0 radical (unpaired) electrons. The average Bonchev–Trinajstić information content (AvgIpc) is 2.70. The first-order valence-corrected chi connectivity index (χ1v) is 11.3. The van der Waals surface area contributed by atoms with E-state index in [1.165, 1.54) is 29.6 Å². The molecular formula is C20H22Cl2N2O4S. The third-order valence-corrected chi connectivity index (χ3v) is 7.62.